The monoisotopic (exact) mass is 367 g/mol. The third kappa shape index (κ3) is 3.19. The first-order valence-corrected chi connectivity index (χ1v) is 9.30. The third-order valence-electron chi connectivity index (χ3n) is 4.93. The number of ether oxygens (including phenoxy) is 1. The summed E-state index contributed by atoms with van der Waals surface area (Å²) in [6.45, 7) is 7.88. The van der Waals surface area contributed by atoms with Crippen molar-refractivity contribution in [2.75, 3.05) is 25.1 Å². The summed E-state index contributed by atoms with van der Waals surface area (Å²) in [5.74, 6) is 0.253. The zero-order chi connectivity index (χ0) is 19.0. The Hall–Kier alpha value is -2.80. The summed E-state index contributed by atoms with van der Waals surface area (Å²) in [6, 6.07) is 8.34. The molecule has 0 saturated carbocycles. The van der Waals surface area contributed by atoms with Crippen LogP contribution in [0.4, 0.5) is 5.69 Å². The number of rotatable bonds is 5. The Bertz CT molecular complexity index is 972. The first-order valence-electron chi connectivity index (χ1n) is 9.30. The van der Waals surface area contributed by atoms with Crippen molar-refractivity contribution in [1.29, 1.82) is 0 Å². The Morgan fingerprint density at radius 2 is 2.11 bits per heavy atom. The Morgan fingerprint density at radius 3 is 2.78 bits per heavy atom. The first-order chi connectivity index (χ1) is 13.1. The molecule has 7 heteroatoms. The highest BCUT2D eigenvalue weighted by Crippen LogP contribution is 2.37. The summed E-state index contributed by atoms with van der Waals surface area (Å²) < 4.78 is 7.52. The number of aromatic hydroxyl groups is 1. The minimum Gasteiger partial charge on any atom is -0.494 e. The van der Waals surface area contributed by atoms with Gasteiger partial charge in [0, 0.05) is 23.3 Å². The Morgan fingerprint density at radius 1 is 1.26 bits per heavy atom. The molecule has 142 valence electrons. The molecule has 1 unspecified atom stereocenters. The van der Waals surface area contributed by atoms with E-state index in [9.17, 15) is 5.11 Å². The van der Waals surface area contributed by atoms with Crippen LogP contribution in [0.1, 0.15) is 44.1 Å². The second kappa shape index (κ2) is 7.08. The van der Waals surface area contributed by atoms with E-state index in [1.54, 1.807) is 6.20 Å². The molecule has 0 fully saturated rings. The fraction of sp³-hybridized carbons (Fsp3) is 0.400. The number of hydrogen-bond donors (Lipinski definition) is 3. The van der Waals surface area contributed by atoms with E-state index >= 15 is 0 Å². The number of benzene rings is 1. The standard InChI is InChI=1S/C20H25N5O2/c1-12(2)25-18-5-4-14(23-13(3)16-6-7-22-24-16)10-15(18)19(20(25)26)17-11-27-9-8-21-17/h4-7,10,12-13,23,26H,8-9,11H2,1-3H3,(H,22,24). The number of aromatic amines is 1. The van der Waals surface area contributed by atoms with Crippen LogP contribution in [0.5, 0.6) is 5.88 Å². The van der Waals surface area contributed by atoms with E-state index in [1.165, 1.54) is 0 Å². The van der Waals surface area contributed by atoms with Gasteiger partial charge >= 0.3 is 0 Å². The quantitative estimate of drug-likeness (QED) is 0.642. The van der Waals surface area contributed by atoms with Gasteiger partial charge in [-0.3, -0.25) is 10.1 Å². The minimum atomic E-state index is 0.0875. The molecule has 0 bridgehead atoms. The lowest BCUT2D eigenvalue weighted by Crippen LogP contribution is -2.19. The van der Waals surface area contributed by atoms with Crippen LogP contribution in [0.15, 0.2) is 35.5 Å². The maximum Gasteiger partial charge on any atom is 0.201 e. The lowest BCUT2D eigenvalue weighted by atomic mass is 10.1. The molecular formula is C20H25N5O2. The average Bonchev–Trinajstić information content (AvgIpc) is 3.28. The Labute approximate surface area is 158 Å². The molecule has 2 aromatic heterocycles. The zero-order valence-electron chi connectivity index (χ0n) is 15.9. The van der Waals surface area contributed by atoms with Crippen molar-refractivity contribution in [3.05, 3.63) is 41.7 Å². The van der Waals surface area contributed by atoms with Gasteiger partial charge in [-0.15, -0.1) is 0 Å². The van der Waals surface area contributed by atoms with Crippen molar-refractivity contribution in [2.45, 2.75) is 32.9 Å². The van der Waals surface area contributed by atoms with E-state index in [2.05, 4.69) is 47.3 Å². The van der Waals surface area contributed by atoms with Crippen LogP contribution in [0.25, 0.3) is 10.9 Å². The van der Waals surface area contributed by atoms with Crippen molar-refractivity contribution >= 4 is 22.3 Å². The van der Waals surface area contributed by atoms with Gasteiger partial charge in [0.15, 0.2) is 0 Å². The van der Waals surface area contributed by atoms with Gasteiger partial charge < -0.3 is 19.7 Å². The van der Waals surface area contributed by atoms with Gasteiger partial charge in [0.25, 0.3) is 0 Å². The summed E-state index contributed by atoms with van der Waals surface area (Å²) in [4.78, 5) is 4.60. The molecule has 0 amide bonds. The minimum absolute atomic E-state index is 0.0875. The molecule has 1 aliphatic rings. The van der Waals surface area contributed by atoms with Crippen LogP contribution >= 0.6 is 0 Å². The average molecular weight is 367 g/mol. The van der Waals surface area contributed by atoms with Crippen molar-refractivity contribution in [1.82, 2.24) is 14.8 Å². The summed E-state index contributed by atoms with van der Waals surface area (Å²) >= 11 is 0. The molecule has 0 radical (unpaired) electrons. The molecule has 3 N–H and O–H groups in total. The summed E-state index contributed by atoms with van der Waals surface area (Å²) in [7, 11) is 0. The number of hydrogen-bond acceptors (Lipinski definition) is 5. The van der Waals surface area contributed by atoms with Crippen molar-refractivity contribution < 1.29 is 9.84 Å². The smallest absolute Gasteiger partial charge is 0.201 e. The number of anilines is 1. The fourth-order valence-electron chi connectivity index (χ4n) is 3.64. The first kappa shape index (κ1) is 17.6. The molecule has 27 heavy (non-hydrogen) atoms. The Kier molecular flexibility index (Phi) is 4.61. The predicted octanol–water partition coefficient (Wildman–Crippen LogP) is 3.64. The SMILES string of the molecule is CC(Nc1ccc2c(c1)c(C1=NCCOC1)c(O)n2C(C)C)c1ccn[nH]1. The highest BCUT2D eigenvalue weighted by atomic mass is 16.5. The molecule has 0 aliphatic carbocycles. The normalized spacial score (nSPS) is 15.9. The maximum absolute atomic E-state index is 11.0. The van der Waals surface area contributed by atoms with Crippen LogP contribution in [0, 0.1) is 0 Å². The van der Waals surface area contributed by atoms with Gasteiger partial charge in [0.1, 0.15) is 0 Å². The van der Waals surface area contributed by atoms with Crippen molar-refractivity contribution in [2.24, 2.45) is 4.99 Å². The number of H-pyrrole nitrogens is 1. The Balaban J connectivity index is 1.80. The predicted molar refractivity (Wildman–Crippen MR) is 107 cm³/mol. The zero-order valence-corrected chi connectivity index (χ0v) is 15.9. The molecule has 4 rings (SSSR count). The van der Waals surface area contributed by atoms with Gasteiger partial charge in [-0.25, -0.2) is 0 Å². The second-order valence-electron chi connectivity index (χ2n) is 7.15. The molecule has 1 aromatic carbocycles. The van der Waals surface area contributed by atoms with Crippen LogP contribution in [-0.4, -0.2) is 45.3 Å². The van der Waals surface area contributed by atoms with Gasteiger partial charge in [-0.05, 0) is 45.0 Å². The number of fused-ring (bicyclic) bond motifs is 1. The van der Waals surface area contributed by atoms with E-state index in [0.717, 1.165) is 33.6 Å². The number of aliphatic imine (C=N–C) groups is 1. The van der Waals surface area contributed by atoms with E-state index in [-0.39, 0.29) is 18.0 Å². The lowest BCUT2D eigenvalue weighted by Gasteiger charge is -2.15. The van der Waals surface area contributed by atoms with Gasteiger partial charge in [-0.2, -0.15) is 5.10 Å². The largest absolute Gasteiger partial charge is 0.494 e. The maximum atomic E-state index is 11.0. The molecular weight excluding hydrogens is 342 g/mol. The van der Waals surface area contributed by atoms with Crippen LogP contribution in [-0.2, 0) is 4.74 Å². The molecule has 7 nitrogen and oxygen atoms in total. The van der Waals surface area contributed by atoms with E-state index < -0.39 is 0 Å². The van der Waals surface area contributed by atoms with Crippen LogP contribution in [0.2, 0.25) is 0 Å². The highest BCUT2D eigenvalue weighted by Gasteiger charge is 2.24. The molecule has 1 aliphatic heterocycles. The second-order valence-corrected chi connectivity index (χ2v) is 7.15. The summed E-state index contributed by atoms with van der Waals surface area (Å²) in [5, 5.41) is 22.4. The fourth-order valence-corrected chi connectivity index (χ4v) is 3.64. The van der Waals surface area contributed by atoms with Crippen molar-refractivity contribution in [3.8, 4) is 5.88 Å². The molecule has 0 spiro atoms. The van der Waals surface area contributed by atoms with Gasteiger partial charge in [0.05, 0.1) is 48.3 Å². The van der Waals surface area contributed by atoms with Crippen LogP contribution < -0.4 is 5.32 Å². The van der Waals surface area contributed by atoms with E-state index in [1.807, 2.05) is 22.8 Å². The van der Waals surface area contributed by atoms with E-state index in [0.29, 0.717) is 19.8 Å². The van der Waals surface area contributed by atoms with Gasteiger partial charge in [-0.1, -0.05) is 0 Å². The number of nitrogens with zero attached hydrogens (tertiary/aromatic N) is 3. The topological polar surface area (TPSA) is 87.5 Å². The molecule has 1 atom stereocenters. The molecule has 3 heterocycles. The van der Waals surface area contributed by atoms with E-state index in [4.69, 9.17) is 4.74 Å². The summed E-state index contributed by atoms with van der Waals surface area (Å²) in [6.07, 6.45) is 1.75. The van der Waals surface area contributed by atoms with Crippen LogP contribution in [0.3, 0.4) is 0 Å². The molecule has 0 saturated heterocycles. The third-order valence-corrected chi connectivity index (χ3v) is 4.93. The number of aromatic nitrogens is 3. The lowest BCUT2D eigenvalue weighted by molar-refractivity contribution is 0.171. The van der Waals surface area contributed by atoms with Crippen molar-refractivity contribution in [3.63, 3.8) is 0 Å². The van der Waals surface area contributed by atoms with Gasteiger partial charge in [0.2, 0.25) is 5.88 Å². The number of nitrogens with one attached hydrogen (secondary N) is 2. The highest BCUT2D eigenvalue weighted by molar-refractivity contribution is 6.14. The summed E-state index contributed by atoms with van der Waals surface area (Å²) in [5.41, 5.74) is 4.57. The molecule has 3 aromatic rings.